The molecule has 0 saturated heterocycles. The summed E-state index contributed by atoms with van der Waals surface area (Å²) in [5.41, 5.74) is 0.288. The number of anilines is 1. The number of carbonyl (C=O) groups is 2. The van der Waals surface area contributed by atoms with Crippen molar-refractivity contribution in [1.29, 1.82) is 0 Å². The molecule has 3 heterocycles. The lowest BCUT2D eigenvalue weighted by Crippen LogP contribution is -2.45. The molecule has 0 atom stereocenters. The van der Waals surface area contributed by atoms with Gasteiger partial charge in [-0.3, -0.25) is 24.0 Å². The van der Waals surface area contributed by atoms with Crippen LogP contribution in [0.2, 0.25) is 0 Å². The largest absolute Gasteiger partial charge is 0.444 e. The molecular weight excluding hydrogens is 610 g/mol. The first kappa shape index (κ1) is 32.4. The summed E-state index contributed by atoms with van der Waals surface area (Å²) in [5, 5.41) is 5.17. The molecule has 46 heavy (non-hydrogen) atoms. The topological polar surface area (TPSA) is 158 Å². The van der Waals surface area contributed by atoms with Crippen LogP contribution >= 0.6 is 0 Å². The summed E-state index contributed by atoms with van der Waals surface area (Å²) in [6.45, 7) is 5.65. The van der Waals surface area contributed by atoms with E-state index in [0.29, 0.717) is 16.9 Å². The van der Waals surface area contributed by atoms with E-state index in [4.69, 9.17) is 4.74 Å². The van der Waals surface area contributed by atoms with Gasteiger partial charge >= 0.3 is 11.8 Å². The predicted molar refractivity (Wildman–Crippen MR) is 174 cm³/mol. The van der Waals surface area contributed by atoms with Crippen LogP contribution < -0.4 is 21.9 Å². The average molecular weight is 646 g/mol. The number of nitrogens with zero attached hydrogens (tertiary/aromatic N) is 3. The molecule has 12 nitrogen and oxygen atoms in total. The van der Waals surface area contributed by atoms with Gasteiger partial charge in [0.1, 0.15) is 11.4 Å². The number of pyridine rings is 1. The van der Waals surface area contributed by atoms with E-state index in [1.807, 2.05) is 6.07 Å². The fourth-order valence-electron chi connectivity index (χ4n) is 5.19. The van der Waals surface area contributed by atoms with Crippen molar-refractivity contribution < 1.29 is 22.7 Å². The molecule has 0 spiro atoms. The van der Waals surface area contributed by atoms with E-state index >= 15 is 0 Å². The molecule has 1 aliphatic heterocycles. The van der Waals surface area contributed by atoms with Crippen molar-refractivity contribution in [3.8, 4) is 22.3 Å². The predicted octanol–water partition coefficient (Wildman–Crippen LogP) is 4.08. The molecule has 1 aliphatic rings. The molecule has 0 radical (unpaired) electrons. The molecule has 4 aromatic rings. The Morgan fingerprint density at radius 1 is 0.957 bits per heavy atom. The lowest BCUT2D eigenvalue weighted by molar-refractivity contribution is 0.0635. The third-order valence-corrected chi connectivity index (χ3v) is 9.07. The summed E-state index contributed by atoms with van der Waals surface area (Å²) in [6, 6.07) is 18.8. The first-order valence-electron chi connectivity index (χ1n) is 14.8. The van der Waals surface area contributed by atoms with Crippen LogP contribution in [0.3, 0.4) is 0 Å². The van der Waals surface area contributed by atoms with Crippen LogP contribution in [0.5, 0.6) is 0 Å². The number of amides is 2. The minimum absolute atomic E-state index is 0.00645. The monoisotopic (exact) mass is 645 g/mol. The second-order valence-corrected chi connectivity index (χ2v) is 13.9. The van der Waals surface area contributed by atoms with E-state index < -0.39 is 32.8 Å². The van der Waals surface area contributed by atoms with E-state index in [0.717, 1.165) is 15.7 Å². The van der Waals surface area contributed by atoms with Crippen molar-refractivity contribution in [2.75, 3.05) is 17.6 Å². The number of benzene rings is 2. The zero-order valence-electron chi connectivity index (χ0n) is 25.8. The molecular formula is C33H35N5O7S. The Morgan fingerprint density at radius 3 is 2.39 bits per heavy atom. The summed E-state index contributed by atoms with van der Waals surface area (Å²) in [6.07, 6.45) is 1.50. The highest BCUT2D eigenvalue weighted by atomic mass is 32.2. The van der Waals surface area contributed by atoms with Crippen LogP contribution in [-0.2, 0) is 27.7 Å². The maximum absolute atomic E-state index is 13.6. The minimum Gasteiger partial charge on any atom is -0.444 e. The van der Waals surface area contributed by atoms with Gasteiger partial charge in [-0.15, -0.1) is 0 Å². The summed E-state index contributed by atoms with van der Waals surface area (Å²) < 4.78 is 33.4. The molecule has 13 heteroatoms. The first-order valence-corrected chi connectivity index (χ1v) is 16.5. The summed E-state index contributed by atoms with van der Waals surface area (Å²) in [5.74, 6) is -0.151. The number of fused-ring (bicyclic) bond motifs is 1. The standard InChI is InChI=1S/C33H35N5O7S/c1-33(2,3)45-31(41)36-26-15-14-25(21-35-26)23-12-7-13-24(20-23)28(39)34-16-8-17-37-29(40)27(22-10-5-4-6-11-22)30-38(32(37)42)18-9-19-46(30,43)44/h4-7,10-15,20-21H,8-9,16-19H2,1-3H3,(H,34,39)(H,35,36,41). The molecule has 0 bridgehead atoms. The molecule has 2 amide bonds. The SMILES string of the molecule is CC(C)(C)OC(=O)Nc1ccc(-c2cccc(C(=O)NCCCn3c(=O)c(-c4ccccc4)c4n(c3=O)CCCS4(=O)=O)c2)cn1. The number of nitrogens with one attached hydrogen (secondary N) is 2. The summed E-state index contributed by atoms with van der Waals surface area (Å²) in [4.78, 5) is 56.1. The zero-order chi connectivity index (χ0) is 33.1. The highest BCUT2D eigenvalue weighted by Gasteiger charge is 2.32. The van der Waals surface area contributed by atoms with Crippen molar-refractivity contribution in [2.24, 2.45) is 0 Å². The number of hydrogen-bond acceptors (Lipinski definition) is 8. The van der Waals surface area contributed by atoms with Gasteiger partial charge in [0.2, 0.25) is 0 Å². The molecule has 2 aromatic heterocycles. The van der Waals surface area contributed by atoms with Crippen LogP contribution in [0.4, 0.5) is 10.6 Å². The molecule has 2 aromatic carbocycles. The van der Waals surface area contributed by atoms with Crippen molar-refractivity contribution in [3.63, 3.8) is 0 Å². The third kappa shape index (κ3) is 7.26. The van der Waals surface area contributed by atoms with Crippen molar-refractivity contribution >= 4 is 27.7 Å². The average Bonchev–Trinajstić information content (AvgIpc) is 3.01. The zero-order valence-corrected chi connectivity index (χ0v) is 26.6. The van der Waals surface area contributed by atoms with Crippen LogP contribution in [0.1, 0.15) is 44.0 Å². The van der Waals surface area contributed by atoms with Gasteiger partial charge in [-0.05, 0) is 69.0 Å². The summed E-state index contributed by atoms with van der Waals surface area (Å²) in [7, 11) is -3.82. The number of rotatable bonds is 8. The van der Waals surface area contributed by atoms with Gasteiger partial charge in [-0.2, -0.15) is 0 Å². The molecule has 0 saturated carbocycles. The first-order chi connectivity index (χ1) is 21.8. The number of carbonyl (C=O) groups excluding carboxylic acids is 2. The third-order valence-electron chi connectivity index (χ3n) is 7.23. The minimum atomic E-state index is -3.82. The Morgan fingerprint density at radius 2 is 1.70 bits per heavy atom. The molecule has 0 fully saturated rings. The maximum Gasteiger partial charge on any atom is 0.413 e. The molecule has 240 valence electrons. The highest BCUT2D eigenvalue weighted by molar-refractivity contribution is 7.91. The number of hydrogen-bond donors (Lipinski definition) is 2. The Balaban J connectivity index is 1.26. The normalized spacial score (nSPS) is 13.8. The molecule has 0 unspecified atom stereocenters. The number of ether oxygens (including phenoxy) is 1. The van der Waals surface area contributed by atoms with Crippen molar-refractivity contribution in [3.05, 3.63) is 99.3 Å². The lowest BCUT2D eigenvalue weighted by atomic mass is 10.0. The van der Waals surface area contributed by atoms with Gasteiger partial charge in [-0.25, -0.2) is 23.0 Å². The van der Waals surface area contributed by atoms with Gasteiger partial charge in [0, 0.05) is 37.0 Å². The highest BCUT2D eigenvalue weighted by Crippen LogP contribution is 2.27. The Kier molecular flexibility index (Phi) is 9.24. The van der Waals surface area contributed by atoms with E-state index in [1.54, 1.807) is 87.6 Å². The molecule has 5 rings (SSSR count). The van der Waals surface area contributed by atoms with Gasteiger partial charge in [0.25, 0.3) is 11.5 Å². The summed E-state index contributed by atoms with van der Waals surface area (Å²) >= 11 is 0. The molecule has 0 aliphatic carbocycles. The van der Waals surface area contributed by atoms with E-state index in [2.05, 4.69) is 15.6 Å². The second kappa shape index (κ2) is 13.1. The van der Waals surface area contributed by atoms with E-state index in [9.17, 15) is 27.6 Å². The Bertz CT molecular complexity index is 2000. The van der Waals surface area contributed by atoms with Gasteiger partial charge in [0.05, 0.1) is 11.3 Å². The quantitative estimate of drug-likeness (QED) is 0.214. The van der Waals surface area contributed by atoms with Crippen LogP contribution in [0.15, 0.2) is 87.5 Å². The van der Waals surface area contributed by atoms with Crippen LogP contribution in [-0.4, -0.2) is 52.4 Å². The fraction of sp³-hybridized carbons (Fsp3) is 0.303. The smallest absolute Gasteiger partial charge is 0.413 e. The number of sulfone groups is 1. The number of aromatic nitrogens is 3. The van der Waals surface area contributed by atoms with Gasteiger partial charge in [0.15, 0.2) is 14.9 Å². The van der Waals surface area contributed by atoms with Crippen molar-refractivity contribution in [1.82, 2.24) is 19.4 Å². The Hall–Kier alpha value is -5.04. The molecule has 2 N–H and O–H groups in total. The van der Waals surface area contributed by atoms with Crippen LogP contribution in [0, 0.1) is 0 Å². The maximum atomic E-state index is 13.6. The van der Waals surface area contributed by atoms with Crippen LogP contribution in [0.25, 0.3) is 22.3 Å². The van der Waals surface area contributed by atoms with Gasteiger partial charge in [-0.1, -0.05) is 42.5 Å². The Labute approximate surface area is 266 Å². The lowest BCUT2D eigenvalue weighted by Gasteiger charge is -2.23. The second-order valence-electron chi connectivity index (χ2n) is 11.9. The fourth-order valence-corrected chi connectivity index (χ4v) is 6.91. The van der Waals surface area contributed by atoms with E-state index in [1.165, 1.54) is 4.57 Å². The van der Waals surface area contributed by atoms with Crippen molar-refractivity contribution in [2.45, 2.75) is 57.3 Å². The van der Waals surface area contributed by atoms with E-state index in [-0.39, 0.29) is 54.7 Å². The van der Waals surface area contributed by atoms with Gasteiger partial charge < -0.3 is 10.1 Å².